The lowest BCUT2D eigenvalue weighted by atomic mass is 10.1. The van der Waals surface area contributed by atoms with Gasteiger partial charge in [0.2, 0.25) is 0 Å². The number of hydrogen-bond donors (Lipinski definition) is 1. The number of rotatable bonds is 5. The first kappa shape index (κ1) is 13.5. The lowest BCUT2D eigenvalue weighted by Crippen LogP contribution is -2.22. The molecule has 0 bridgehead atoms. The second kappa shape index (κ2) is 6.89. The van der Waals surface area contributed by atoms with E-state index in [4.69, 9.17) is 16.9 Å². The number of nitrogens with one attached hydrogen (secondary N) is 1. The molecule has 1 atom stereocenters. The highest BCUT2D eigenvalue weighted by atomic mass is 35.5. The molecule has 19 heavy (non-hydrogen) atoms. The van der Waals surface area contributed by atoms with Gasteiger partial charge in [-0.3, -0.25) is 10.3 Å². The Morgan fingerprint density at radius 3 is 2.74 bits per heavy atom. The first-order valence-electron chi connectivity index (χ1n) is 6.07. The summed E-state index contributed by atoms with van der Waals surface area (Å²) < 4.78 is 0. The summed E-state index contributed by atoms with van der Waals surface area (Å²) in [6.07, 6.45) is 4.22. The molecule has 2 aromatic rings. The number of halogens is 1. The van der Waals surface area contributed by atoms with Gasteiger partial charge in [-0.25, -0.2) is 0 Å². The number of nitriles is 1. The molecule has 0 amide bonds. The zero-order chi connectivity index (χ0) is 13.5. The summed E-state index contributed by atoms with van der Waals surface area (Å²) in [6, 6.07) is 13.4. The molecule has 2 rings (SSSR count). The van der Waals surface area contributed by atoms with Crippen LogP contribution in [0.3, 0.4) is 0 Å². The van der Waals surface area contributed by atoms with Gasteiger partial charge in [-0.15, -0.1) is 0 Å². The Labute approximate surface area is 117 Å². The van der Waals surface area contributed by atoms with Crippen LogP contribution in [0, 0.1) is 11.3 Å². The molecule has 0 aliphatic rings. The van der Waals surface area contributed by atoms with Gasteiger partial charge in [0.25, 0.3) is 0 Å². The molecule has 1 unspecified atom stereocenters. The lowest BCUT2D eigenvalue weighted by Gasteiger charge is -2.11. The van der Waals surface area contributed by atoms with Crippen LogP contribution >= 0.6 is 11.6 Å². The van der Waals surface area contributed by atoms with Crippen LogP contribution in [-0.4, -0.2) is 11.5 Å². The number of hydrogen-bond acceptors (Lipinski definition) is 3. The molecule has 1 aromatic heterocycles. The molecule has 0 radical (unpaired) electrons. The summed E-state index contributed by atoms with van der Waals surface area (Å²) >= 11 is 5.93. The minimum Gasteiger partial charge on any atom is -0.298 e. The normalized spacial score (nSPS) is 11.8. The molecule has 1 aromatic carbocycles. The van der Waals surface area contributed by atoms with Gasteiger partial charge in [0.1, 0.15) is 6.04 Å². The van der Waals surface area contributed by atoms with Gasteiger partial charge in [0, 0.05) is 24.0 Å². The molecular weight excluding hydrogens is 258 g/mol. The minimum atomic E-state index is -0.304. The van der Waals surface area contributed by atoms with Crippen LogP contribution in [0.25, 0.3) is 0 Å². The molecule has 1 N–H and O–H groups in total. The topological polar surface area (TPSA) is 48.7 Å². The van der Waals surface area contributed by atoms with Crippen molar-refractivity contribution in [1.29, 1.82) is 5.26 Å². The van der Waals surface area contributed by atoms with Crippen molar-refractivity contribution >= 4 is 11.6 Å². The average molecular weight is 272 g/mol. The highest BCUT2D eigenvalue weighted by Crippen LogP contribution is 2.12. The van der Waals surface area contributed by atoms with Crippen molar-refractivity contribution in [3.63, 3.8) is 0 Å². The van der Waals surface area contributed by atoms with Crippen LogP contribution in [0.5, 0.6) is 0 Å². The Bertz CT molecular complexity index is 563. The highest BCUT2D eigenvalue weighted by Gasteiger charge is 2.08. The summed E-state index contributed by atoms with van der Waals surface area (Å²) in [5.74, 6) is 0. The van der Waals surface area contributed by atoms with E-state index in [9.17, 15) is 0 Å². The Balaban J connectivity index is 1.90. The van der Waals surface area contributed by atoms with E-state index in [0.717, 1.165) is 29.1 Å². The summed E-state index contributed by atoms with van der Waals surface area (Å²) in [6.45, 7) is 0.723. The molecule has 96 valence electrons. The molecule has 4 heteroatoms. The van der Waals surface area contributed by atoms with Gasteiger partial charge in [0.15, 0.2) is 0 Å². The third-order valence-electron chi connectivity index (χ3n) is 2.82. The fraction of sp³-hybridized carbons (Fsp3) is 0.200. The van der Waals surface area contributed by atoms with Crippen LogP contribution < -0.4 is 5.32 Å². The maximum Gasteiger partial charge on any atom is 0.121 e. The molecule has 0 fully saturated rings. The number of pyridine rings is 1. The first-order chi connectivity index (χ1) is 9.29. The predicted octanol–water partition coefficient (Wildman–Crippen LogP) is 3.13. The van der Waals surface area contributed by atoms with Crippen molar-refractivity contribution in [2.75, 3.05) is 6.54 Å². The minimum absolute atomic E-state index is 0.304. The Morgan fingerprint density at radius 2 is 2.05 bits per heavy atom. The van der Waals surface area contributed by atoms with Crippen LogP contribution in [0.4, 0.5) is 0 Å². The average Bonchev–Trinajstić information content (AvgIpc) is 2.45. The summed E-state index contributed by atoms with van der Waals surface area (Å²) in [5.41, 5.74) is 2.09. The summed E-state index contributed by atoms with van der Waals surface area (Å²) in [7, 11) is 0. The Kier molecular flexibility index (Phi) is 4.91. The largest absolute Gasteiger partial charge is 0.298 e. The van der Waals surface area contributed by atoms with E-state index >= 15 is 0 Å². The van der Waals surface area contributed by atoms with Gasteiger partial charge < -0.3 is 0 Å². The SMILES string of the molecule is N#CC(NCCc1cccc(Cl)c1)c1ccncc1. The van der Waals surface area contributed by atoms with E-state index in [1.165, 1.54) is 0 Å². The number of benzene rings is 1. The monoisotopic (exact) mass is 271 g/mol. The van der Waals surface area contributed by atoms with Gasteiger partial charge in [-0.05, 0) is 41.8 Å². The van der Waals surface area contributed by atoms with Crippen LogP contribution in [0.1, 0.15) is 17.2 Å². The number of aromatic nitrogens is 1. The lowest BCUT2D eigenvalue weighted by molar-refractivity contribution is 0.629. The Hall–Kier alpha value is -1.89. The van der Waals surface area contributed by atoms with Crippen LogP contribution in [0.15, 0.2) is 48.8 Å². The zero-order valence-electron chi connectivity index (χ0n) is 10.4. The molecule has 0 saturated carbocycles. The van der Waals surface area contributed by atoms with Crippen molar-refractivity contribution < 1.29 is 0 Å². The second-order valence-corrected chi connectivity index (χ2v) is 4.61. The molecule has 0 aliphatic carbocycles. The highest BCUT2D eigenvalue weighted by molar-refractivity contribution is 6.30. The third-order valence-corrected chi connectivity index (χ3v) is 3.05. The van der Waals surface area contributed by atoms with Crippen molar-refractivity contribution in [2.24, 2.45) is 0 Å². The summed E-state index contributed by atoms with van der Waals surface area (Å²) in [5, 5.41) is 13.1. The number of nitrogens with zero attached hydrogens (tertiary/aromatic N) is 2. The molecule has 3 nitrogen and oxygen atoms in total. The van der Waals surface area contributed by atoms with E-state index in [1.54, 1.807) is 12.4 Å². The van der Waals surface area contributed by atoms with Gasteiger partial charge in [0.05, 0.1) is 6.07 Å². The van der Waals surface area contributed by atoms with Crippen molar-refractivity contribution in [3.05, 3.63) is 64.9 Å². The summed E-state index contributed by atoms with van der Waals surface area (Å²) in [4.78, 5) is 3.95. The fourth-order valence-electron chi connectivity index (χ4n) is 1.85. The maximum absolute atomic E-state index is 9.17. The molecule has 0 aliphatic heterocycles. The second-order valence-electron chi connectivity index (χ2n) is 4.18. The third kappa shape index (κ3) is 4.06. The van der Waals surface area contributed by atoms with Crippen molar-refractivity contribution in [2.45, 2.75) is 12.5 Å². The van der Waals surface area contributed by atoms with Gasteiger partial charge >= 0.3 is 0 Å². The molecule has 1 heterocycles. The van der Waals surface area contributed by atoms with Gasteiger partial charge in [-0.2, -0.15) is 5.26 Å². The molecule has 0 spiro atoms. The first-order valence-corrected chi connectivity index (χ1v) is 6.45. The Morgan fingerprint density at radius 1 is 1.26 bits per heavy atom. The van der Waals surface area contributed by atoms with E-state index in [-0.39, 0.29) is 6.04 Å². The van der Waals surface area contributed by atoms with Gasteiger partial charge in [-0.1, -0.05) is 23.7 Å². The maximum atomic E-state index is 9.17. The molecular formula is C15H14ClN3. The van der Waals surface area contributed by atoms with Crippen LogP contribution in [-0.2, 0) is 6.42 Å². The smallest absolute Gasteiger partial charge is 0.121 e. The van der Waals surface area contributed by atoms with Crippen molar-refractivity contribution in [1.82, 2.24) is 10.3 Å². The van der Waals surface area contributed by atoms with E-state index in [2.05, 4.69) is 16.4 Å². The molecule has 0 saturated heterocycles. The van der Waals surface area contributed by atoms with E-state index < -0.39 is 0 Å². The van der Waals surface area contributed by atoms with Crippen LogP contribution in [0.2, 0.25) is 5.02 Å². The standard InChI is InChI=1S/C15H14ClN3/c16-14-3-1-2-12(10-14)4-9-19-15(11-17)13-5-7-18-8-6-13/h1-3,5-8,10,15,19H,4,9H2. The zero-order valence-corrected chi connectivity index (χ0v) is 11.1. The predicted molar refractivity (Wildman–Crippen MR) is 75.7 cm³/mol. The van der Waals surface area contributed by atoms with E-state index in [1.807, 2.05) is 36.4 Å². The fourth-order valence-corrected chi connectivity index (χ4v) is 2.06. The van der Waals surface area contributed by atoms with Crippen molar-refractivity contribution in [3.8, 4) is 6.07 Å². The quantitative estimate of drug-likeness (QED) is 0.909. The van der Waals surface area contributed by atoms with E-state index in [0.29, 0.717) is 0 Å².